The van der Waals surface area contributed by atoms with Gasteiger partial charge < -0.3 is 31.4 Å². The van der Waals surface area contributed by atoms with Gasteiger partial charge in [0.1, 0.15) is 17.3 Å². The number of amides is 1. The largest absolute Gasteiger partial charge is 0.404 e. The average Bonchev–Trinajstić information content (AvgIpc) is 3.18. The minimum Gasteiger partial charge on any atom is -0.404 e. The van der Waals surface area contributed by atoms with E-state index in [0.717, 1.165) is 6.20 Å². The Hall–Kier alpha value is -3.54. The molecule has 0 radical (unpaired) electrons. The number of aliphatic hydroxyl groups excluding tert-OH is 1. The molecule has 2 aromatic heterocycles. The van der Waals surface area contributed by atoms with Crippen molar-refractivity contribution >= 4 is 28.8 Å². The highest BCUT2D eigenvalue weighted by atomic mass is 19.3. The number of carbonyl (C=O) groups excluding carboxylic acids is 1. The Labute approximate surface area is 194 Å². The predicted octanol–water partition coefficient (Wildman–Crippen LogP) is 1.72. The van der Waals surface area contributed by atoms with Gasteiger partial charge in [0.25, 0.3) is 17.4 Å². The normalized spacial score (nSPS) is 22.2. The number of aliphatic hydroxyl groups is 1. The highest BCUT2D eigenvalue weighted by Crippen LogP contribution is 2.44. The summed E-state index contributed by atoms with van der Waals surface area (Å²) in [5.41, 5.74) is 5.43. The first kappa shape index (κ1) is 23.6. The molecular formula is C22H27F2N7O3. The van der Waals surface area contributed by atoms with Gasteiger partial charge >= 0.3 is 0 Å². The lowest BCUT2D eigenvalue weighted by atomic mass is 9.88. The number of halogens is 2. The maximum absolute atomic E-state index is 13.3. The van der Waals surface area contributed by atoms with Gasteiger partial charge in [0.2, 0.25) is 0 Å². The van der Waals surface area contributed by atoms with Crippen LogP contribution in [0.25, 0.3) is 5.57 Å². The molecule has 0 bridgehead atoms. The summed E-state index contributed by atoms with van der Waals surface area (Å²) in [5.74, 6) is -2.62. The third-order valence-corrected chi connectivity index (χ3v) is 6.07. The fourth-order valence-electron chi connectivity index (χ4n) is 4.22. The molecule has 2 heterocycles. The third-order valence-electron chi connectivity index (χ3n) is 6.07. The molecule has 2 atom stereocenters. The van der Waals surface area contributed by atoms with E-state index >= 15 is 0 Å². The van der Waals surface area contributed by atoms with Gasteiger partial charge in [-0.2, -0.15) is 0 Å². The van der Waals surface area contributed by atoms with Crippen LogP contribution in [-0.2, 0) is 4.79 Å². The smallest absolute Gasteiger partial charge is 0.274 e. The molecule has 2 aliphatic rings. The predicted molar refractivity (Wildman–Crippen MR) is 123 cm³/mol. The van der Waals surface area contributed by atoms with E-state index in [9.17, 15) is 23.5 Å². The SMILES string of the molecule is CNc1cc(Nc2cccn(C3CC(F)(F)C3)c2=O)nc(/C(=C\N)C(=O)NC2CCC(O)C2)n1. The Bertz CT molecular complexity index is 1160. The van der Waals surface area contributed by atoms with Crippen molar-refractivity contribution in [2.75, 3.05) is 17.7 Å². The number of hydrogen-bond donors (Lipinski definition) is 5. The number of nitrogens with two attached hydrogens (primary N) is 1. The Morgan fingerprint density at radius 2 is 2.03 bits per heavy atom. The summed E-state index contributed by atoms with van der Waals surface area (Å²) in [7, 11) is 1.63. The van der Waals surface area contributed by atoms with Crippen molar-refractivity contribution in [1.29, 1.82) is 0 Å². The van der Waals surface area contributed by atoms with E-state index in [2.05, 4.69) is 25.9 Å². The number of carbonyl (C=O) groups is 1. The quantitative estimate of drug-likeness (QED) is 0.381. The molecule has 2 fully saturated rings. The van der Waals surface area contributed by atoms with Crippen LogP contribution in [0.2, 0.25) is 0 Å². The first-order valence-corrected chi connectivity index (χ1v) is 11.0. The Kier molecular flexibility index (Phi) is 6.51. The van der Waals surface area contributed by atoms with Gasteiger partial charge in [-0.3, -0.25) is 9.59 Å². The molecule has 0 saturated heterocycles. The van der Waals surface area contributed by atoms with Gasteiger partial charge in [0.05, 0.1) is 11.7 Å². The van der Waals surface area contributed by atoms with Gasteiger partial charge in [0, 0.05) is 50.4 Å². The van der Waals surface area contributed by atoms with E-state index < -0.39 is 29.5 Å². The van der Waals surface area contributed by atoms with Gasteiger partial charge in [0.15, 0.2) is 5.82 Å². The minimum absolute atomic E-state index is 0.0304. The zero-order valence-corrected chi connectivity index (χ0v) is 18.6. The van der Waals surface area contributed by atoms with Crippen molar-refractivity contribution in [2.45, 2.75) is 56.2 Å². The van der Waals surface area contributed by atoms with Crippen molar-refractivity contribution < 1.29 is 18.7 Å². The lowest BCUT2D eigenvalue weighted by molar-refractivity contribution is -0.116. The summed E-state index contributed by atoms with van der Waals surface area (Å²) in [5, 5.41) is 18.3. The number of nitrogens with one attached hydrogen (secondary N) is 3. The fourth-order valence-corrected chi connectivity index (χ4v) is 4.22. The Balaban J connectivity index is 1.57. The van der Waals surface area contributed by atoms with E-state index in [1.807, 2.05) is 0 Å². The second-order valence-corrected chi connectivity index (χ2v) is 8.61. The van der Waals surface area contributed by atoms with Gasteiger partial charge in [-0.15, -0.1) is 0 Å². The molecular weight excluding hydrogens is 448 g/mol. The lowest BCUT2D eigenvalue weighted by Gasteiger charge is -2.36. The molecule has 4 rings (SSSR count). The van der Waals surface area contributed by atoms with E-state index in [1.165, 1.54) is 22.9 Å². The molecule has 10 nitrogen and oxygen atoms in total. The maximum atomic E-state index is 13.3. The first-order chi connectivity index (χ1) is 16.2. The van der Waals surface area contributed by atoms with Crippen LogP contribution in [0.3, 0.4) is 0 Å². The summed E-state index contributed by atoms with van der Waals surface area (Å²) in [6.45, 7) is 0. The molecule has 0 spiro atoms. The van der Waals surface area contributed by atoms with E-state index in [0.29, 0.717) is 25.1 Å². The van der Waals surface area contributed by atoms with Gasteiger partial charge in [-0.1, -0.05) is 0 Å². The lowest BCUT2D eigenvalue weighted by Crippen LogP contribution is -2.41. The second-order valence-electron chi connectivity index (χ2n) is 8.61. The van der Waals surface area contributed by atoms with Crippen molar-refractivity contribution in [3.05, 3.63) is 46.8 Å². The van der Waals surface area contributed by atoms with E-state index in [-0.39, 0.29) is 41.8 Å². The number of pyridine rings is 1. The number of rotatable bonds is 7. The van der Waals surface area contributed by atoms with E-state index in [1.54, 1.807) is 13.1 Å². The number of aromatic nitrogens is 3. The Morgan fingerprint density at radius 1 is 1.29 bits per heavy atom. The molecule has 34 heavy (non-hydrogen) atoms. The van der Waals surface area contributed by atoms with E-state index in [4.69, 9.17) is 5.73 Å². The second kappa shape index (κ2) is 9.37. The molecule has 0 aliphatic heterocycles. The van der Waals surface area contributed by atoms with Crippen LogP contribution in [0.5, 0.6) is 0 Å². The molecule has 12 heteroatoms. The summed E-state index contributed by atoms with van der Waals surface area (Å²) >= 11 is 0. The summed E-state index contributed by atoms with van der Waals surface area (Å²) in [6.07, 6.45) is 3.10. The van der Waals surface area contributed by atoms with Crippen molar-refractivity contribution in [3.63, 3.8) is 0 Å². The van der Waals surface area contributed by atoms with Crippen LogP contribution in [0.4, 0.5) is 26.1 Å². The van der Waals surface area contributed by atoms with Crippen LogP contribution in [0.15, 0.2) is 35.4 Å². The molecule has 6 N–H and O–H groups in total. The number of nitrogens with zero attached hydrogens (tertiary/aromatic N) is 3. The number of alkyl halides is 2. The number of hydrogen-bond acceptors (Lipinski definition) is 8. The Morgan fingerprint density at radius 3 is 2.65 bits per heavy atom. The number of anilines is 3. The molecule has 2 unspecified atom stereocenters. The summed E-state index contributed by atoms with van der Waals surface area (Å²) in [6, 6.07) is 3.91. The highest BCUT2D eigenvalue weighted by Gasteiger charge is 2.46. The van der Waals surface area contributed by atoms with Gasteiger partial charge in [-0.05, 0) is 31.4 Å². The van der Waals surface area contributed by atoms with Gasteiger partial charge in [-0.25, -0.2) is 18.7 Å². The van der Waals surface area contributed by atoms with Crippen LogP contribution < -0.4 is 27.2 Å². The molecule has 2 saturated carbocycles. The third kappa shape index (κ3) is 5.01. The maximum Gasteiger partial charge on any atom is 0.274 e. The van der Waals surface area contributed by atoms with Crippen molar-refractivity contribution in [3.8, 4) is 0 Å². The van der Waals surface area contributed by atoms with Crippen LogP contribution in [0.1, 0.15) is 44.0 Å². The summed E-state index contributed by atoms with van der Waals surface area (Å²) < 4.78 is 27.9. The fraction of sp³-hybridized carbons (Fsp3) is 0.455. The standard InChI is InChI=1S/C22H27F2N7O3/c1-26-17-8-18(28-16-3-2-6-31(21(16)34)13-9-22(23,24)10-13)30-19(29-17)15(11-25)20(33)27-12-4-5-14(32)7-12/h2-3,6,8,11-14,32H,4-5,7,9-10,25H2,1H3,(H,27,33)(H2,26,28,29,30)/b15-11+. The van der Waals surface area contributed by atoms with Crippen molar-refractivity contribution in [2.24, 2.45) is 5.73 Å². The van der Waals surface area contributed by atoms with Crippen LogP contribution in [0, 0.1) is 0 Å². The topological polar surface area (TPSA) is 147 Å². The highest BCUT2D eigenvalue weighted by molar-refractivity contribution is 6.18. The average molecular weight is 476 g/mol. The zero-order chi connectivity index (χ0) is 24.5. The zero-order valence-electron chi connectivity index (χ0n) is 18.6. The summed E-state index contributed by atoms with van der Waals surface area (Å²) in [4.78, 5) is 34.3. The first-order valence-electron chi connectivity index (χ1n) is 11.0. The molecule has 0 aromatic carbocycles. The van der Waals surface area contributed by atoms with Crippen LogP contribution >= 0.6 is 0 Å². The molecule has 1 amide bonds. The molecule has 2 aliphatic carbocycles. The van der Waals surface area contributed by atoms with Crippen molar-refractivity contribution in [1.82, 2.24) is 19.9 Å². The minimum atomic E-state index is -2.75. The van der Waals surface area contributed by atoms with Crippen LogP contribution in [-0.4, -0.2) is 50.7 Å². The molecule has 182 valence electrons. The monoisotopic (exact) mass is 475 g/mol. The molecule has 2 aromatic rings.